The van der Waals surface area contributed by atoms with Gasteiger partial charge in [0.2, 0.25) is 5.90 Å². The predicted molar refractivity (Wildman–Crippen MR) is 129 cm³/mol. The highest BCUT2D eigenvalue weighted by molar-refractivity contribution is 7.99. The number of benzene rings is 3. The van der Waals surface area contributed by atoms with Gasteiger partial charge in [-0.2, -0.15) is 0 Å². The van der Waals surface area contributed by atoms with Gasteiger partial charge in [-0.1, -0.05) is 59.3 Å². The fourth-order valence-electron chi connectivity index (χ4n) is 3.46. The number of fused-ring (bicyclic) bond motifs is 1. The lowest BCUT2D eigenvalue weighted by molar-refractivity contribution is -0.129. The fraction of sp³-hybridized carbons (Fsp3) is 0.0741. The van der Waals surface area contributed by atoms with Gasteiger partial charge in [0.1, 0.15) is 5.03 Å². The molecule has 0 unspecified atom stereocenters. The number of aromatic nitrogens is 1. The maximum absolute atomic E-state index is 12.6. The number of hydrogen-bond donors (Lipinski definition) is 0. The summed E-state index contributed by atoms with van der Waals surface area (Å²) in [6.45, 7) is 4.06. The SMILES string of the molecule is Cc1ccc(C2=NC(=Cc3cc4cc(C)ccc4nc3Sc3ccccc3)C(=O)O2)cc1. The first kappa shape index (κ1) is 20.2. The van der Waals surface area contributed by atoms with Crippen molar-refractivity contribution in [3.63, 3.8) is 0 Å². The molecule has 0 N–H and O–H groups in total. The second-order valence-electron chi connectivity index (χ2n) is 7.70. The zero-order chi connectivity index (χ0) is 22.1. The molecule has 1 aliphatic heterocycles. The van der Waals surface area contributed by atoms with Crippen molar-refractivity contribution in [3.05, 3.63) is 107 Å². The summed E-state index contributed by atoms with van der Waals surface area (Å²) in [6, 6.07) is 26.0. The predicted octanol–water partition coefficient (Wildman–Crippen LogP) is 6.35. The third-order valence-corrected chi connectivity index (χ3v) is 6.16. The summed E-state index contributed by atoms with van der Waals surface area (Å²) >= 11 is 1.56. The highest BCUT2D eigenvalue weighted by Gasteiger charge is 2.24. The topological polar surface area (TPSA) is 51.5 Å². The van der Waals surface area contributed by atoms with E-state index in [9.17, 15) is 4.79 Å². The van der Waals surface area contributed by atoms with Crippen LogP contribution in [-0.2, 0) is 9.53 Å². The van der Waals surface area contributed by atoms with Crippen molar-refractivity contribution in [2.45, 2.75) is 23.8 Å². The Bertz CT molecular complexity index is 1390. The van der Waals surface area contributed by atoms with Crippen molar-refractivity contribution < 1.29 is 9.53 Å². The van der Waals surface area contributed by atoms with Gasteiger partial charge < -0.3 is 4.74 Å². The molecule has 0 saturated carbocycles. The Labute approximate surface area is 190 Å². The Hall–Kier alpha value is -3.70. The summed E-state index contributed by atoms with van der Waals surface area (Å²) in [7, 11) is 0. The van der Waals surface area contributed by atoms with Crippen molar-refractivity contribution in [3.8, 4) is 0 Å². The average Bonchev–Trinajstić information content (AvgIpc) is 3.15. The molecular formula is C27H20N2O2S. The quantitative estimate of drug-likeness (QED) is 0.276. The highest BCUT2D eigenvalue weighted by atomic mass is 32.2. The molecule has 5 heteroatoms. The van der Waals surface area contributed by atoms with Gasteiger partial charge in [-0.25, -0.2) is 14.8 Å². The normalized spacial score (nSPS) is 14.6. The molecule has 5 rings (SSSR count). The van der Waals surface area contributed by atoms with Crippen LogP contribution in [0, 0.1) is 13.8 Å². The van der Waals surface area contributed by atoms with E-state index in [2.05, 4.69) is 30.1 Å². The van der Waals surface area contributed by atoms with E-state index in [4.69, 9.17) is 9.72 Å². The molecule has 0 atom stereocenters. The highest BCUT2D eigenvalue weighted by Crippen LogP contribution is 2.33. The van der Waals surface area contributed by atoms with Crippen LogP contribution in [0.2, 0.25) is 0 Å². The first-order valence-electron chi connectivity index (χ1n) is 10.3. The van der Waals surface area contributed by atoms with Crippen LogP contribution in [0.25, 0.3) is 17.0 Å². The number of cyclic esters (lactones) is 1. The first-order valence-corrected chi connectivity index (χ1v) is 11.1. The number of pyridine rings is 1. The second kappa shape index (κ2) is 8.44. The van der Waals surface area contributed by atoms with Crippen LogP contribution in [-0.4, -0.2) is 16.9 Å². The lowest BCUT2D eigenvalue weighted by Crippen LogP contribution is -2.05. The van der Waals surface area contributed by atoms with Crippen LogP contribution in [0.1, 0.15) is 22.3 Å². The summed E-state index contributed by atoms with van der Waals surface area (Å²) in [5, 5.41) is 1.83. The van der Waals surface area contributed by atoms with Crippen LogP contribution in [0.5, 0.6) is 0 Å². The third kappa shape index (κ3) is 4.20. The minimum Gasteiger partial charge on any atom is -0.402 e. The van der Waals surface area contributed by atoms with E-state index in [1.165, 1.54) is 0 Å². The monoisotopic (exact) mass is 436 g/mol. The largest absolute Gasteiger partial charge is 0.402 e. The molecule has 0 bridgehead atoms. The Kier molecular flexibility index (Phi) is 5.33. The van der Waals surface area contributed by atoms with Crippen molar-refractivity contribution >= 4 is 40.6 Å². The summed E-state index contributed by atoms with van der Waals surface area (Å²) in [6.07, 6.45) is 1.77. The molecule has 0 aliphatic carbocycles. The van der Waals surface area contributed by atoms with Gasteiger partial charge in [-0.3, -0.25) is 0 Å². The number of hydrogen-bond acceptors (Lipinski definition) is 5. The minimum absolute atomic E-state index is 0.268. The molecule has 0 fully saturated rings. The molecule has 4 aromatic rings. The molecule has 32 heavy (non-hydrogen) atoms. The molecular weight excluding hydrogens is 416 g/mol. The van der Waals surface area contributed by atoms with Gasteiger partial charge in [0.15, 0.2) is 5.70 Å². The number of nitrogens with zero attached hydrogens (tertiary/aromatic N) is 2. The first-order chi connectivity index (χ1) is 15.5. The van der Waals surface area contributed by atoms with Gasteiger partial charge in [0.25, 0.3) is 0 Å². The van der Waals surface area contributed by atoms with E-state index in [-0.39, 0.29) is 5.70 Å². The Balaban J connectivity index is 1.59. The van der Waals surface area contributed by atoms with E-state index in [0.29, 0.717) is 5.90 Å². The molecule has 0 saturated heterocycles. The minimum atomic E-state index is -0.458. The Morgan fingerprint density at radius 3 is 2.41 bits per heavy atom. The smallest absolute Gasteiger partial charge is 0.363 e. The molecule has 0 amide bonds. The molecule has 1 aliphatic rings. The van der Waals surface area contributed by atoms with E-state index in [1.54, 1.807) is 17.8 Å². The van der Waals surface area contributed by atoms with E-state index >= 15 is 0 Å². The second-order valence-corrected chi connectivity index (χ2v) is 8.76. The summed E-state index contributed by atoms with van der Waals surface area (Å²) in [4.78, 5) is 23.0. The molecule has 156 valence electrons. The standard InChI is InChI=1S/C27H20N2O2S/c1-17-8-11-19(12-9-17)25-28-24(27(30)31-25)16-21-15-20-14-18(2)10-13-23(20)29-26(21)32-22-6-4-3-5-7-22/h3-16H,1-2H3. The maximum atomic E-state index is 12.6. The van der Waals surface area contributed by atoms with Crippen molar-refractivity contribution in [2.24, 2.45) is 4.99 Å². The van der Waals surface area contributed by atoms with Crippen molar-refractivity contribution in [2.75, 3.05) is 0 Å². The number of ether oxygens (including phenoxy) is 1. The molecule has 0 radical (unpaired) electrons. The molecule has 3 aromatic carbocycles. The lowest BCUT2D eigenvalue weighted by atomic mass is 10.1. The summed E-state index contributed by atoms with van der Waals surface area (Å²) in [5.74, 6) is -0.135. The van der Waals surface area contributed by atoms with Gasteiger partial charge >= 0.3 is 5.97 Å². The van der Waals surface area contributed by atoms with Crippen LogP contribution in [0.3, 0.4) is 0 Å². The number of aliphatic imine (C=N–C) groups is 1. The van der Waals surface area contributed by atoms with Gasteiger partial charge in [-0.15, -0.1) is 0 Å². The number of esters is 1. The van der Waals surface area contributed by atoms with Crippen molar-refractivity contribution in [1.29, 1.82) is 0 Å². The third-order valence-electron chi connectivity index (χ3n) is 5.13. The van der Waals surface area contributed by atoms with Gasteiger partial charge in [0.05, 0.1) is 5.52 Å². The molecule has 0 spiro atoms. The summed E-state index contributed by atoms with van der Waals surface area (Å²) in [5.41, 5.74) is 5.07. The fourth-order valence-corrected chi connectivity index (χ4v) is 4.35. The van der Waals surface area contributed by atoms with E-state index in [0.717, 1.165) is 43.1 Å². The summed E-state index contributed by atoms with van der Waals surface area (Å²) < 4.78 is 5.45. The molecule has 1 aromatic heterocycles. The number of aryl methyl sites for hydroxylation is 2. The molecule has 4 nitrogen and oxygen atoms in total. The van der Waals surface area contributed by atoms with Crippen molar-refractivity contribution in [1.82, 2.24) is 4.98 Å². The van der Waals surface area contributed by atoms with Gasteiger partial charge in [0, 0.05) is 21.4 Å². The average molecular weight is 437 g/mol. The lowest BCUT2D eigenvalue weighted by Gasteiger charge is -2.08. The van der Waals surface area contributed by atoms with Crippen LogP contribution in [0.4, 0.5) is 0 Å². The number of carbonyl (C=O) groups excluding carboxylic acids is 1. The van der Waals surface area contributed by atoms with Crippen LogP contribution < -0.4 is 0 Å². The van der Waals surface area contributed by atoms with Gasteiger partial charge in [-0.05, 0) is 62.4 Å². The van der Waals surface area contributed by atoms with E-state index < -0.39 is 5.97 Å². The Morgan fingerprint density at radius 2 is 1.62 bits per heavy atom. The number of rotatable bonds is 4. The van der Waals surface area contributed by atoms with Crippen LogP contribution in [0.15, 0.2) is 99.5 Å². The zero-order valence-electron chi connectivity index (χ0n) is 17.7. The number of carbonyl (C=O) groups is 1. The molecule has 2 heterocycles. The Morgan fingerprint density at radius 1 is 0.875 bits per heavy atom. The van der Waals surface area contributed by atoms with E-state index in [1.807, 2.05) is 67.6 Å². The van der Waals surface area contributed by atoms with Crippen LogP contribution >= 0.6 is 11.8 Å². The zero-order valence-corrected chi connectivity index (χ0v) is 18.5. The maximum Gasteiger partial charge on any atom is 0.363 e.